The molecule has 132 valence electrons. The van der Waals surface area contributed by atoms with Crippen LogP contribution in [0.5, 0.6) is 0 Å². The Labute approximate surface area is 160 Å². The maximum absolute atomic E-state index is 11.6. The van der Waals surface area contributed by atoms with Crippen LogP contribution in [0.4, 0.5) is 0 Å². The van der Waals surface area contributed by atoms with E-state index in [-0.39, 0.29) is 5.56 Å². The van der Waals surface area contributed by atoms with Crippen LogP contribution in [0.25, 0.3) is 34.4 Å². The van der Waals surface area contributed by atoms with Crippen molar-refractivity contribution in [3.63, 3.8) is 0 Å². The molecular weight excluding hydrogens is 362 g/mol. The van der Waals surface area contributed by atoms with E-state index in [9.17, 15) is 9.90 Å². The molecule has 0 unspecified atom stereocenters. The Morgan fingerprint density at radius 2 is 1.78 bits per heavy atom. The van der Waals surface area contributed by atoms with Crippen molar-refractivity contribution in [3.05, 3.63) is 88.8 Å². The Morgan fingerprint density at radius 1 is 1.00 bits per heavy atom. The topological polar surface area (TPSA) is 63.3 Å². The van der Waals surface area contributed by atoms with Crippen LogP contribution in [-0.2, 0) is 0 Å². The number of carboxylic acid groups (broad SMARTS) is 1. The molecule has 0 radical (unpaired) electrons. The lowest BCUT2D eigenvalue weighted by molar-refractivity contribution is 0.0699. The number of carbonyl (C=O) groups is 1. The van der Waals surface area contributed by atoms with Gasteiger partial charge in [0.2, 0.25) is 0 Å². The second-order valence-electron chi connectivity index (χ2n) is 5.93. The number of benzene rings is 2. The molecule has 0 amide bonds. The Bertz CT molecular complexity index is 1180. The zero-order valence-corrected chi connectivity index (χ0v) is 14.9. The van der Waals surface area contributed by atoms with Gasteiger partial charge in [-0.2, -0.15) is 0 Å². The van der Waals surface area contributed by atoms with Gasteiger partial charge in [0.05, 0.1) is 21.8 Å². The van der Waals surface area contributed by atoms with Crippen LogP contribution in [-0.4, -0.2) is 16.1 Å². The number of rotatable bonds is 4. The lowest BCUT2D eigenvalue weighted by atomic mass is 10.1. The number of aromatic carboxylic acids is 1. The monoisotopic (exact) mass is 375 g/mol. The summed E-state index contributed by atoms with van der Waals surface area (Å²) in [6.45, 7) is 0. The number of fused-ring (bicyclic) bond motifs is 1. The van der Waals surface area contributed by atoms with Gasteiger partial charge in [0.25, 0.3) is 0 Å². The molecule has 2 heterocycles. The minimum atomic E-state index is -0.984. The SMILES string of the molecule is O=C(O)c1cc(/C=C/c2ccc(-c3ccccc3Cl)o2)nc2ccccc12. The summed E-state index contributed by atoms with van der Waals surface area (Å²) in [6.07, 6.45) is 3.48. The van der Waals surface area contributed by atoms with Crippen LogP contribution >= 0.6 is 11.6 Å². The van der Waals surface area contributed by atoms with Crippen molar-refractivity contribution in [2.24, 2.45) is 0 Å². The predicted octanol–water partition coefficient (Wildman–Crippen LogP) is 6.02. The highest BCUT2D eigenvalue weighted by Gasteiger charge is 2.11. The standard InChI is InChI=1S/C22H14ClNO3/c23-19-7-3-1-6-17(19)21-12-11-15(27-21)10-9-14-13-18(22(25)26)16-5-2-4-8-20(16)24-14/h1-13H,(H,25,26)/b10-9+. The molecule has 0 aliphatic rings. The number of para-hydroxylation sites is 1. The fourth-order valence-corrected chi connectivity index (χ4v) is 3.10. The predicted molar refractivity (Wildman–Crippen MR) is 107 cm³/mol. The first-order chi connectivity index (χ1) is 13.1. The maximum Gasteiger partial charge on any atom is 0.336 e. The van der Waals surface area contributed by atoms with E-state index in [4.69, 9.17) is 16.0 Å². The minimum Gasteiger partial charge on any atom is -0.478 e. The highest BCUT2D eigenvalue weighted by molar-refractivity contribution is 6.33. The van der Waals surface area contributed by atoms with Crippen molar-refractivity contribution < 1.29 is 14.3 Å². The number of aromatic nitrogens is 1. The van der Waals surface area contributed by atoms with Crippen molar-refractivity contribution in [2.45, 2.75) is 0 Å². The molecule has 4 nitrogen and oxygen atoms in total. The van der Waals surface area contributed by atoms with Crippen LogP contribution in [0, 0.1) is 0 Å². The summed E-state index contributed by atoms with van der Waals surface area (Å²) in [5.41, 5.74) is 2.21. The smallest absolute Gasteiger partial charge is 0.336 e. The maximum atomic E-state index is 11.6. The van der Waals surface area contributed by atoms with Gasteiger partial charge in [-0.1, -0.05) is 41.9 Å². The number of nitrogens with zero attached hydrogens (tertiary/aromatic N) is 1. The Kier molecular flexibility index (Phi) is 4.48. The number of pyridine rings is 1. The Hall–Kier alpha value is -3.37. The molecule has 2 aromatic heterocycles. The largest absolute Gasteiger partial charge is 0.478 e. The molecule has 0 fully saturated rings. The average Bonchev–Trinajstić information content (AvgIpc) is 3.14. The molecule has 4 aromatic rings. The number of carboxylic acids is 1. The summed E-state index contributed by atoms with van der Waals surface area (Å²) in [4.78, 5) is 16.1. The molecule has 0 saturated heterocycles. The molecule has 5 heteroatoms. The highest BCUT2D eigenvalue weighted by atomic mass is 35.5. The van der Waals surface area contributed by atoms with Gasteiger partial charge < -0.3 is 9.52 Å². The van der Waals surface area contributed by atoms with Crippen LogP contribution in [0.15, 0.2) is 71.1 Å². The molecule has 0 spiro atoms. The second-order valence-corrected chi connectivity index (χ2v) is 6.34. The second kappa shape index (κ2) is 7.09. The van der Waals surface area contributed by atoms with E-state index in [0.717, 1.165) is 5.56 Å². The van der Waals surface area contributed by atoms with Crippen LogP contribution in [0.2, 0.25) is 5.02 Å². The van der Waals surface area contributed by atoms with E-state index in [2.05, 4.69) is 4.98 Å². The lowest BCUT2D eigenvalue weighted by Crippen LogP contribution is -2.00. The number of halogens is 1. The number of hydrogen-bond donors (Lipinski definition) is 1. The van der Waals surface area contributed by atoms with Gasteiger partial charge in [0, 0.05) is 10.9 Å². The molecule has 0 saturated carbocycles. The van der Waals surface area contributed by atoms with Crippen LogP contribution in [0.3, 0.4) is 0 Å². The molecule has 0 aliphatic carbocycles. The lowest BCUT2D eigenvalue weighted by Gasteiger charge is -2.03. The third kappa shape index (κ3) is 3.48. The van der Waals surface area contributed by atoms with Crippen molar-refractivity contribution in [1.29, 1.82) is 0 Å². The number of furan rings is 1. The summed E-state index contributed by atoms with van der Waals surface area (Å²) in [5.74, 6) is 0.303. The van der Waals surface area contributed by atoms with E-state index in [1.807, 2.05) is 36.4 Å². The van der Waals surface area contributed by atoms with Crippen molar-refractivity contribution in [3.8, 4) is 11.3 Å². The van der Waals surface area contributed by atoms with E-state index >= 15 is 0 Å². The first-order valence-corrected chi connectivity index (χ1v) is 8.65. The summed E-state index contributed by atoms with van der Waals surface area (Å²) >= 11 is 6.20. The highest BCUT2D eigenvalue weighted by Crippen LogP contribution is 2.29. The van der Waals surface area contributed by atoms with Gasteiger partial charge in [0.1, 0.15) is 11.5 Å². The summed E-state index contributed by atoms with van der Waals surface area (Å²) in [5, 5.41) is 10.7. The van der Waals surface area contributed by atoms with E-state index in [1.165, 1.54) is 0 Å². The van der Waals surface area contributed by atoms with Crippen molar-refractivity contribution >= 4 is 40.6 Å². The summed E-state index contributed by atoms with van der Waals surface area (Å²) in [6, 6.07) is 19.8. The van der Waals surface area contributed by atoms with Gasteiger partial charge in [-0.3, -0.25) is 0 Å². The third-order valence-corrected chi connectivity index (χ3v) is 4.48. The molecular formula is C22H14ClNO3. The molecule has 0 atom stereocenters. The minimum absolute atomic E-state index is 0.219. The first kappa shape index (κ1) is 17.1. The van der Waals surface area contributed by atoms with E-state index in [1.54, 1.807) is 42.5 Å². The van der Waals surface area contributed by atoms with E-state index < -0.39 is 5.97 Å². The first-order valence-electron chi connectivity index (χ1n) is 8.28. The zero-order valence-electron chi connectivity index (χ0n) is 14.1. The normalized spacial score (nSPS) is 11.3. The molecule has 27 heavy (non-hydrogen) atoms. The molecule has 0 bridgehead atoms. The Morgan fingerprint density at radius 3 is 2.59 bits per heavy atom. The van der Waals surface area contributed by atoms with E-state index in [0.29, 0.717) is 33.1 Å². The quantitative estimate of drug-likeness (QED) is 0.474. The zero-order chi connectivity index (χ0) is 18.8. The van der Waals surface area contributed by atoms with Crippen molar-refractivity contribution in [2.75, 3.05) is 0 Å². The van der Waals surface area contributed by atoms with Gasteiger partial charge in [-0.05, 0) is 48.6 Å². The van der Waals surface area contributed by atoms with Gasteiger partial charge in [-0.15, -0.1) is 0 Å². The van der Waals surface area contributed by atoms with Gasteiger partial charge >= 0.3 is 5.97 Å². The van der Waals surface area contributed by atoms with Gasteiger partial charge in [-0.25, -0.2) is 9.78 Å². The molecule has 0 aliphatic heterocycles. The van der Waals surface area contributed by atoms with Crippen LogP contribution < -0.4 is 0 Å². The fraction of sp³-hybridized carbons (Fsp3) is 0. The molecule has 1 N–H and O–H groups in total. The van der Waals surface area contributed by atoms with Gasteiger partial charge in [0.15, 0.2) is 0 Å². The average molecular weight is 376 g/mol. The Balaban J connectivity index is 1.68. The third-order valence-electron chi connectivity index (χ3n) is 4.15. The summed E-state index contributed by atoms with van der Waals surface area (Å²) < 4.78 is 5.82. The fourth-order valence-electron chi connectivity index (χ4n) is 2.87. The van der Waals surface area contributed by atoms with Crippen LogP contribution in [0.1, 0.15) is 21.8 Å². The molecule has 2 aromatic carbocycles. The summed E-state index contributed by atoms with van der Waals surface area (Å²) in [7, 11) is 0. The van der Waals surface area contributed by atoms with Crippen molar-refractivity contribution in [1.82, 2.24) is 4.98 Å². The number of hydrogen-bond acceptors (Lipinski definition) is 3. The molecule has 4 rings (SSSR count).